The molecule has 0 saturated heterocycles. The van der Waals surface area contributed by atoms with Gasteiger partial charge in [-0.25, -0.2) is 0 Å². The van der Waals surface area contributed by atoms with Crippen LogP contribution in [0.25, 0.3) is 0 Å². The van der Waals surface area contributed by atoms with E-state index in [9.17, 15) is 0 Å². The molecule has 0 atom stereocenters. The van der Waals surface area contributed by atoms with Crippen LogP contribution in [0, 0.1) is 17.4 Å². The van der Waals surface area contributed by atoms with E-state index in [0.717, 1.165) is 0 Å². The third-order valence-electron chi connectivity index (χ3n) is 0.836. The molecule has 0 spiro atoms. The van der Waals surface area contributed by atoms with E-state index in [2.05, 4.69) is 6.07 Å². The summed E-state index contributed by atoms with van der Waals surface area (Å²) in [5.74, 6) is 0. The maximum absolute atomic E-state index is 8.27. The van der Waals surface area contributed by atoms with Crippen LogP contribution in [0.3, 0.4) is 0 Å². The van der Waals surface area contributed by atoms with Crippen LogP contribution in [0.2, 0.25) is 0 Å². The highest BCUT2D eigenvalue weighted by atomic mass is 14.2. The Balaban J connectivity index is 3.05. The summed E-state index contributed by atoms with van der Waals surface area (Å²) in [6.45, 7) is 0. The minimum absolute atomic E-state index is 0.660. The van der Waals surface area contributed by atoms with Crippen molar-refractivity contribution in [1.82, 2.24) is 0 Å². The zero-order valence-corrected chi connectivity index (χ0v) is 4.26. The number of benzene rings is 1. The molecule has 1 aromatic rings. The van der Waals surface area contributed by atoms with Gasteiger partial charge in [0.2, 0.25) is 0 Å². The van der Waals surface area contributed by atoms with E-state index in [4.69, 9.17) is 5.26 Å². The molecule has 0 bridgehead atoms. The first-order chi connectivity index (χ1) is 3.93. The summed E-state index contributed by atoms with van der Waals surface area (Å²) in [6.07, 6.45) is 0. The van der Waals surface area contributed by atoms with Gasteiger partial charge in [0.25, 0.3) is 0 Å². The van der Waals surface area contributed by atoms with Crippen LogP contribution in [0.1, 0.15) is 5.56 Å². The molecule has 37 valence electrons. The lowest BCUT2D eigenvalue weighted by Crippen LogP contribution is -1.66. The van der Waals surface area contributed by atoms with Gasteiger partial charge in [-0.2, -0.15) is 5.26 Å². The molecule has 0 unspecified atom stereocenters. The highest BCUT2D eigenvalue weighted by Gasteiger charge is 1.80. The van der Waals surface area contributed by atoms with Gasteiger partial charge in [0.05, 0.1) is 11.6 Å². The van der Waals surface area contributed by atoms with Gasteiger partial charge < -0.3 is 0 Å². The second-order valence-electron chi connectivity index (χ2n) is 1.40. The van der Waals surface area contributed by atoms with Crippen LogP contribution in [-0.2, 0) is 0 Å². The molecule has 0 amide bonds. The van der Waals surface area contributed by atoms with Gasteiger partial charge in [-0.05, 0) is 18.2 Å². The Hall–Kier alpha value is -1.29. The van der Waals surface area contributed by atoms with Crippen LogP contribution < -0.4 is 0 Å². The summed E-state index contributed by atoms with van der Waals surface area (Å²) >= 11 is 0. The summed E-state index contributed by atoms with van der Waals surface area (Å²) in [4.78, 5) is 0. The molecule has 0 aliphatic carbocycles. The minimum atomic E-state index is 0.660. The molecule has 0 aromatic heterocycles. The van der Waals surface area contributed by atoms with Crippen LogP contribution in [0.5, 0.6) is 0 Å². The van der Waals surface area contributed by atoms with Crippen molar-refractivity contribution in [2.45, 2.75) is 0 Å². The fraction of sp³-hybridized carbons (Fsp3) is 0. The number of rotatable bonds is 0. The zero-order valence-electron chi connectivity index (χ0n) is 4.26. The maximum Gasteiger partial charge on any atom is 0.0991 e. The summed E-state index contributed by atoms with van der Waals surface area (Å²) in [6, 6.07) is 11.7. The average Bonchev–Trinajstić information content (AvgIpc) is 1.90. The first-order valence-electron chi connectivity index (χ1n) is 2.29. The predicted octanol–water partition coefficient (Wildman–Crippen LogP) is 1.36. The molecule has 0 fully saturated rings. The van der Waals surface area contributed by atoms with Crippen molar-refractivity contribution in [3.05, 3.63) is 35.9 Å². The quantitative estimate of drug-likeness (QED) is 0.485. The van der Waals surface area contributed by atoms with Crippen LogP contribution in [0.4, 0.5) is 0 Å². The van der Waals surface area contributed by atoms with Crippen molar-refractivity contribution in [1.29, 1.82) is 5.26 Å². The Labute approximate surface area is 48.2 Å². The Kier molecular flexibility index (Phi) is 1.29. The van der Waals surface area contributed by atoms with E-state index in [0.29, 0.717) is 5.56 Å². The number of nitrogens with zero attached hydrogens (tertiary/aromatic N) is 1. The summed E-state index contributed by atoms with van der Waals surface area (Å²) in [5.41, 5.74) is 0.660. The third-order valence-corrected chi connectivity index (χ3v) is 0.836. The highest BCUT2D eigenvalue weighted by molar-refractivity contribution is 5.26. The van der Waals surface area contributed by atoms with E-state index in [1.54, 1.807) is 24.3 Å². The molecule has 8 heavy (non-hydrogen) atoms. The molecule has 0 aliphatic heterocycles. The second kappa shape index (κ2) is 2.13. The number of nitriles is 1. The summed E-state index contributed by atoms with van der Waals surface area (Å²) in [5, 5.41) is 8.27. The van der Waals surface area contributed by atoms with Crippen molar-refractivity contribution in [3.63, 3.8) is 0 Å². The molecule has 1 nitrogen and oxygen atoms in total. The minimum Gasteiger partial charge on any atom is -0.192 e. The zero-order chi connectivity index (χ0) is 5.82. The maximum atomic E-state index is 8.27. The largest absolute Gasteiger partial charge is 0.192 e. The molecule has 1 aromatic carbocycles. The Bertz CT molecular complexity index is 195. The summed E-state index contributed by atoms with van der Waals surface area (Å²) in [7, 11) is 0. The molecule has 0 aliphatic rings. The van der Waals surface area contributed by atoms with Gasteiger partial charge in [-0.15, -0.1) is 0 Å². The molecular weight excluding hydrogens is 98.1 g/mol. The van der Waals surface area contributed by atoms with E-state index in [1.807, 2.05) is 6.07 Å². The van der Waals surface area contributed by atoms with E-state index in [-0.39, 0.29) is 0 Å². The van der Waals surface area contributed by atoms with Crippen molar-refractivity contribution in [2.75, 3.05) is 0 Å². The van der Waals surface area contributed by atoms with Crippen molar-refractivity contribution >= 4 is 0 Å². The molecular formula is C7H4N. The Morgan fingerprint density at radius 3 is 2.88 bits per heavy atom. The molecule has 1 radical (unpaired) electrons. The molecule has 1 heteroatoms. The monoisotopic (exact) mass is 102 g/mol. The van der Waals surface area contributed by atoms with Gasteiger partial charge in [-0.1, -0.05) is 12.1 Å². The van der Waals surface area contributed by atoms with Crippen molar-refractivity contribution in [3.8, 4) is 6.07 Å². The lowest BCUT2D eigenvalue weighted by Gasteiger charge is -1.79. The number of hydrogen-bond donors (Lipinski definition) is 0. The van der Waals surface area contributed by atoms with Crippen LogP contribution >= 0.6 is 0 Å². The average molecular weight is 102 g/mol. The predicted molar refractivity (Wildman–Crippen MR) is 30.0 cm³/mol. The third kappa shape index (κ3) is 0.855. The second-order valence-corrected chi connectivity index (χ2v) is 1.40. The number of hydrogen-bond acceptors (Lipinski definition) is 1. The fourth-order valence-electron chi connectivity index (χ4n) is 0.463. The van der Waals surface area contributed by atoms with Gasteiger partial charge in [-0.3, -0.25) is 0 Å². The highest BCUT2D eigenvalue weighted by Crippen LogP contribution is 1.92. The van der Waals surface area contributed by atoms with Crippen LogP contribution in [-0.4, -0.2) is 0 Å². The van der Waals surface area contributed by atoms with Gasteiger partial charge in [0, 0.05) is 0 Å². The topological polar surface area (TPSA) is 23.8 Å². The van der Waals surface area contributed by atoms with Crippen molar-refractivity contribution in [2.24, 2.45) is 0 Å². The van der Waals surface area contributed by atoms with Crippen molar-refractivity contribution < 1.29 is 0 Å². The van der Waals surface area contributed by atoms with E-state index < -0.39 is 0 Å². The molecule has 1 rings (SSSR count). The molecule has 0 saturated carbocycles. The molecule has 0 N–H and O–H groups in total. The smallest absolute Gasteiger partial charge is 0.0991 e. The lowest BCUT2D eigenvalue weighted by molar-refractivity contribution is 1.48. The van der Waals surface area contributed by atoms with E-state index in [1.165, 1.54) is 0 Å². The fourth-order valence-corrected chi connectivity index (χ4v) is 0.463. The van der Waals surface area contributed by atoms with Gasteiger partial charge >= 0.3 is 0 Å². The van der Waals surface area contributed by atoms with E-state index >= 15 is 0 Å². The van der Waals surface area contributed by atoms with Crippen LogP contribution in [0.15, 0.2) is 24.3 Å². The SMILES string of the molecule is N#Cc1c[c]ccc1. The molecule has 0 heterocycles. The first-order valence-corrected chi connectivity index (χ1v) is 2.29. The standard InChI is InChI=1S/C7H4N/c8-6-7-4-2-1-3-5-7/h1-2,4-5H. The lowest BCUT2D eigenvalue weighted by atomic mass is 10.2. The normalized spacial score (nSPS) is 7.88. The Morgan fingerprint density at radius 2 is 2.50 bits per heavy atom. The van der Waals surface area contributed by atoms with Gasteiger partial charge in [0.15, 0.2) is 0 Å². The van der Waals surface area contributed by atoms with Gasteiger partial charge in [0.1, 0.15) is 0 Å². The Morgan fingerprint density at radius 1 is 1.62 bits per heavy atom. The summed E-state index contributed by atoms with van der Waals surface area (Å²) < 4.78 is 0. The first kappa shape index (κ1) is 4.86.